The molecule has 1 fully saturated rings. The number of methoxy groups -OCH3 is 1. The molecule has 5 nitrogen and oxygen atoms in total. The van der Waals surface area contributed by atoms with Crippen LogP contribution in [0.25, 0.3) is 0 Å². The Morgan fingerprint density at radius 2 is 2.29 bits per heavy atom. The summed E-state index contributed by atoms with van der Waals surface area (Å²) in [6.07, 6.45) is 0.0441. The summed E-state index contributed by atoms with van der Waals surface area (Å²) in [5.74, 6) is 2.91. The molecule has 1 aromatic rings. The van der Waals surface area contributed by atoms with Gasteiger partial charge in [0.2, 0.25) is 5.89 Å². The molecule has 0 saturated carbocycles. The molecule has 7 heteroatoms. The molecule has 1 aliphatic heterocycles. The van der Waals surface area contributed by atoms with Crippen molar-refractivity contribution < 1.29 is 14.1 Å². The van der Waals surface area contributed by atoms with Crippen molar-refractivity contribution in [2.75, 3.05) is 18.6 Å². The quantitative estimate of drug-likeness (QED) is 0.777. The van der Waals surface area contributed by atoms with E-state index in [1.165, 1.54) is 7.11 Å². The first kappa shape index (κ1) is 12.8. The topological polar surface area (TPSA) is 65.2 Å². The first-order chi connectivity index (χ1) is 8.20. The molecule has 1 aromatic heterocycles. The fraction of sp³-hybridized carbons (Fsp3) is 0.700. The zero-order chi connectivity index (χ0) is 12.3. The Morgan fingerprint density at radius 3 is 3.00 bits per heavy atom. The maximum atomic E-state index is 11.1. The first-order valence-corrected chi connectivity index (χ1v) is 7.43. The molecule has 0 spiro atoms. The number of carbonyl (C=O) groups excluding carboxylic acids is 1. The van der Waals surface area contributed by atoms with Crippen LogP contribution in [-0.4, -0.2) is 40.0 Å². The Morgan fingerprint density at radius 1 is 1.53 bits per heavy atom. The number of aromatic nitrogens is 2. The highest BCUT2D eigenvalue weighted by molar-refractivity contribution is 8.06. The van der Waals surface area contributed by atoms with Crippen molar-refractivity contribution in [2.24, 2.45) is 0 Å². The number of carbonyl (C=O) groups is 1. The molecular formula is C10H14N2O3S2. The van der Waals surface area contributed by atoms with Gasteiger partial charge in [0.25, 0.3) is 0 Å². The summed E-state index contributed by atoms with van der Waals surface area (Å²) in [7, 11) is 1.34. The molecule has 1 aliphatic rings. The summed E-state index contributed by atoms with van der Waals surface area (Å²) in [5, 5.41) is 4.67. The van der Waals surface area contributed by atoms with E-state index < -0.39 is 0 Å². The van der Waals surface area contributed by atoms with E-state index in [1.54, 1.807) is 0 Å². The van der Waals surface area contributed by atoms with Crippen molar-refractivity contribution in [1.29, 1.82) is 0 Å². The van der Waals surface area contributed by atoms with E-state index >= 15 is 0 Å². The molecule has 2 rings (SSSR count). The van der Waals surface area contributed by atoms with Crippen molar-refractivity contribution in [3.05, 3.63) is 11.7 Å². The molecular weight excluding hydrogens is 260 g/mol. The highest BCUT2D eigenvalue weighted by atomic mass is 32.2. The average molecular weight is 274 g/mol. The molecule has 0 N–H and O–H groups in total. The molecule has 0 bridgehead atoms. The molecule has 17 heavy (non-hydrogen) atoms. The third kappa shape index (κ3) is 3.16. The van der Waals surface area contributed by atoms with E-state index in [-0.39, 0.29) is 17.6 Å². The van der Waals surface area contributed by atoms with Crippen LogP contribution in [0.15, 0.2) is 4.52 Å². The van der Waals surface area contributed by atoms with Crippen molar-refractivity contribution in [2.45, 2.75) is 23.8 Å². The Bertz CT molecular complexity index is 397. The van der Waals surface area contributed by atoms with E-state index in [9.17, 15) is 4.79 Å². The van der Waals surface area contributed by atoms with Crippen LogP contribution in [0.5, 0.6) is 0 Å². The Hall–Kier alpha value is -0.690. The monoisotopic (exact) mass is 274 g/mol. The number of thioether (sulfide) groups is 2. The van der Waals surface area contributed by atoms with Crippen LogP contribution in [-0.2, 0) is 16.0 Å². The maximum absolute atomic E-state index is 11.1. The summed E-state index contributed by atoms with van der Waals surface area (Å²) in [6, 6.07) is 0. The zero-order valence-electron chi connectivity index (χ0n) is 9.71. The maximum Gasteiger partial charge on any atom is 0.315 e. The highest BCUT2D eigenvalue weighted by Gasteiger charge is 2.28. The van der Waals surface area contributed by atoms with Crippen LogP contribution >= 0.6 is 23.5 Å². The van der Waals surface area contributed by atoms with Gasteiger partial charge in [-0.1, -0.05) is 12.1 Å². The van der Waals surface area contributed by atoms with Crippen LogP contribution in [0, 0.1) is 0 Å². The Labute approximate surface area is 108 Å². The molecule has 2 heterocycles. The SMILES string of the molecule is COC(=O)Cc1nc(C2SCCSC2C)no1. The second-order valence-electron chi connectivity index (χ2n) is 3.67. The summed E-state index contributed by atoms with van der Waals surface area (Å²) < 4.78 is 9.61. The molecule has 0 aromatic carbocycles. The van der Waals surface area contributed by atoms with Gasteiger partial charge in [-0.15, -0.1) is 11.8 Å². The van der Waals surface area contributed by atoms with Gasteiger partial charge in [-0.05, 0) is 0 Å². The summed E-state index contributed by atoms with van der Waals surface area (Å²) in [4.78, 5) is 15.3. The fourth-order valence-corrected chi connectivity index (χ4v) is 4.25. The third-order valence-electron chi connectivity index (χ3n) is 2.45. The van der Waals surface area contributed by atoms with Gasteiger partial charge in [0, 0.05) is 16.8 Å². The molecule has 1 saturated heterocycles. The van der Waals surface area contributed by atoms with E-state index in [4.69, 9.17) is 4.52 Å². The van der Waals surface area contributed by atoms with Gasteiger partial charge in [-0.2, -0.15) is 16.7 Å². The lowest BCUT2D eigenvalue weighted by Gasteiger charge is -2.24. The second-order valence-corrected chi connectivity index (χ2v) is 6.40. The van der Waals surface area contributed by atoms with Crippen LogP contribution in [0.3, 0.4) is 0 Å². The van der Waals surface area contributed by atoms with E-state index in [0.717, 1.165) is 11.5 Å². The van der Waals surface area contributed by atoms with Gasteiger partial charge in [0.1, 0.15) is 6.42 Å². The molecule has 94 valence electrons. The van der Waals surface area contributed by atoms with Crippen LogP contribution < -0.4 is 0 Å². The normalized spacial score (nSPS) is 24.6. The number of hydrogen-bond acceptors (Lipinski definition) is 7. The van der Waals surface area contributed by atoms with E-state index in [0.29, 0.717) is 17.0 Å². The fourth-order valence-electron chi connectivity index (χ4n) is 1.57. The van der Waals surface area contributed by atoms with E-state index in [2.05, 4.69) is 21.8 Å². The van der Waals surface area contributed by atoms with Crippen molar-refractivity contribution in [1.82, 2.24) is 10.1 Å². The number of hydrogen-bond donors (Lipinski definition) is 0. The van der Waals surface area contributed by atoms with Gasteiger partial charge in [-0.25, -0.2) is 0 Å². The standard InChI is InChI=1S/C10H14N2O3S2/c1-6-9(17-4-3-16-6)10-11-7(15-12-10)5-8(13)14-2/h6,9H,3-5H2,1-2H3. The highest BCUT2D eigenvalue weighted by Crippen LogP contribution is 2.41. The molecule has 0 aliphatic carbocycles. The summed E-state index contributed by atoms with van der Waals surface area (Å²) >= 11 is 3.75. The lowest BCUT2D eigenvalue weighted by atomic mass is 10.3. The Kier molecular flexibility index (Phi) is 4.33. The van der Waals surface area contributed by atoms with Crippen molar-refractivity contribution in [3.8, 4) is 0 Å². The van der Waals surface area contributed by atoms with Crippen molar-refractivity contribution >= 4 is 29.5 Å². The molecule has 2 unspecified atom stereocenters. The predicted octanol–water partition coefficient (Wildman–Crippen LogP) is 1.69. The second kappa shape index (κ2) is 5.77. The Balaban J connectivity index is 2.04. The predicted molar refractivity (Wildman–Crippen MR) is 67.1 cm³/mol. The van der Waals surface area contributed by atoms with Gasteiger partial charge in [0.05, 0.1) is 12.4 Å². The smallest absolute Gasteiger partial charge is 0.315 e. The van der Waals surface area contributed by atoms with Gasteiger partial charge < -0.3 is 9.26 Å². The summed E-state index contributed by atoms with van der Waals surface area (Å²) in [5.41, 5.74) is 0. The zero-order valence-corrected chi connectivity index (χ0v) is 11.3. The molecule has 2 atom stereocenters. The lowest BCUT2D eigenvalue weighted by molar-refractivity contribution is -0.140. The molecule has 0 radical (unpaired) electrons. The van der Waals surface area contributed by atoms with Crippen LogP contribution in [0.2, 0.25) is 0 Å². The number of rotatable bonds is 3. The minimum absolute atomic E-state index is 0.0441. The number of ether oxygens (including phenoxy) is 1. The number of nitrogens with zero attached hydrogens (tertiary/aromatic N) is 2. The van der Waals surface area contributed by atoms with Crippen molar-refractivity contribution in [3.63, 3.8) is 0 Å². The largest absolute Gasteiger partial charge is 0.469 e. The minimum Gasteiger partial charge on any atom is -0.469 e. The lowest BCUT2D eigenvalue weighted by Crippen LogP contribution is -2.17. The van der Waals surface area contributed by atoms with E-state index in [1.807, 2.05) is 23.5 Å². The van der Waals surface area contributed by atoms with Crippen LogP contribution in [0.1, 0.15) is 23.9 Å². The summed E-state index contributed by atoms with van der Waals surface area (Å²) in [6.45, 7) is 2.16. The number of esters is 1. The van der Waals surface area contributed by atoms with Crippen LogP contribution in [0.4, 0.5) is 0 Å². The van der Waals surface area contributed by atoms with Gasteiger partial charge in [-0.3, -0.25) is 4.79 Å². The first-order valence-electron chi connectivity index (χ1n) is 5.33. The average Bonchev–Trinajstić information content (AvgIpc) is 2.78. The van der Waals surface area contributed by atoms with Gasteiger partial charge >= 0.3 is 5.97 Å². The third-order valence-corrected chi connectivity index (χ3v) is 5.54. The molecule has 0 amide bonds. The minimum atomic E-state index is -0.362. The van der Waals surface area contributed by atoms with Gasteiger partial charge in [0.15, 0.2) is 5.82 Å².